The van der Waals surface area contributed by atoms with Crippen LogP contribution in [-0.2, 0) is 10.7 Å². The van der Waals surface area contributed by atoms with Crippen molar-refractivity contribution < 1.29 is 27.9 Å². The molecule has 1 aliphatic rings. The highest BCUT2D eigenvalue weighted by Gasteiger charge is 2.45. The minimum atomic E-state index is -3.81. The summed E-state index contributed by atoms with van der Waals surface area (Å²) in [5.41, 5.74) is 0.261. The van der Waals surface area contributed by atoms with Gasteiger partial charge in [0, 0.05) is 29.9 Å². The summed E-state index contributed by atoms with van der Waals surface area (Å²) in [6.07, 6.45) is -0.0905. The fourth-order valence-corrected chi connectivity index (χ4v) is 3.41. The molecule has 2 amide bonds. The van der Waals surface area contributed by atoms with Crippen molar-refractivity contribution in [2.45, 2.75) is 38.7 Å². The number of rotatable bonds is 4. The number of likely N-dealkylation sites (tertiary alicyclic amines) is 1. The Bertz CT molecular complexity index is 970. The van der Waals surface area contributed by atoms with Crippen LogP contribution in [0.25, 0.3) is 0 Å². The number of alkyl halides is 2. The Morgan fingerprint density at radius 1 is 1.07 bits per heavy atom. The molecule has 1 fully saturated rings. The number of carbonyl (C=O) groups excluding carboxylic acids is 2. The highest BCUT2D eigenvalue weighted by atomic mass is 19.3. The van der Waals surface area contributed by atoms with Gasteiger partial charge in [0.25, 0.3) is 11.8 Å². The molecule has 0 unspecified atom stereocenters. The SMILES string of the molecule is Cc1cc(NC(=O)c2ccc(C)c(C(F)(F)C(=O)N3CCC(O)CC3)c2)ccc1F. The number of nitrogens with zero attached hydrogens (tertiary/aromatic N) is 1. The van der Waals surface area contributed by atoms with Crippen molar-refractivity contribution in [3.05, 3.63) is 64.5 Å². The maximum Gasteiger partial charge on any atom is 0.350 e. The molecule has 0 aliphatic carbocycles. The van der Waals surface area contributed by atoms with Gasteiger partial charge in [-0.3, -0.25) is 9.59 Å². The summed E-state index contributed by atoms with van der Waals surface area (Å²) >= 11 is 0. The van der Waals surface area contributed by atoms with E-state index >= 15 is 8.78 Å². The highest BCUT2D eigenvalue weighted by molar-refractivity contribution is 6.04. The van der Waals surface area contributed by atoms with E-state index < -0.39 is 35.2 Å². The molecule has 1 heterocycles. The fourth-order valence-electron chi connectivity index (χ4n) is 3.41. The van der Waals surface area contributed by atoms with Crippen LogP contribution in [0.2, 0.25) is 0 Å². The molecule has 1 aliphatic heterocycles. The lowest BCUT2D eigenvalue weighted by atomic mass is 9.97. The largest absolute Gasteiger partial charge is 0.393 e. The third-order valence-electron chi connectivity index (χ3n) is 5.27. The second kappa shape index (κ2) is 8.47. The second-order valence-corrected chi connectivity index (χ2v) is 7.55. The number of piperidine rings is 1. The summed E-state index contributed by atoms with van der Waals surface area (Å²) in [4.78, 5) is 26.1. The molecule has 0 spiro atoms. The number of amides is 2. The number of hydrogen-bond donors (Lipinski definition) is 2. The van der Waals surface area contributed by atoms with Crippen molar-refractivity contribution in [1.82, 2.24) is 4.90 Å². The van der Waals surface area contributed by atoms with Crippen molar-refractivity contribution in [1.29, 1.82) is 0 Å². The minimum absolute atomic E-state index is 0.0425. The van der Waals surface area contributed by atoms with Crippen molar-refractivity contribution in [2.24, 2.45) is 0 Å². The molecule has 2 N–H and O–H groups in total. The normalized spacial score (nSPS) is 15.2. The topological polar surface area (TPSA) is 69.6 Å². The molecule has 5 nitrogen and oxygen atoms in total. The molecule has 3 rings (SSSR count). The van der Waals surface area contributed by atoms with E-state index in [0.29, 0.717) is 11.3 Å². The van der Waals surface area contributed by atoms with Crippen molar-refractivity contribution >= 4 is 17.5 Å². The number of aryl methyl sites for hydroxylation is 2. The van der Waals surface area contributed by atoms with E-state index in [9.17, 15) is 19.1 Å². The van der Waals surface area contributed by atoms with Gasteiger partial charge in [0.05, 0.1) is 6.10 Å². The maximum absolute atomic E-state index is 15.0. The average Bonchev–Trinajstić information content (AvgIpc) is 2.71. The van der Waals surface area contributed by atoms with Crippen molar-refractivity contribution in [3.63, 3.8) is 0 Å². The summed E-state index contributed by atoms with van der Waals surface area (Å²) in [5.74, 6) is -6.22. The van der Waals surface area contributed by atoms with Gasteiger partial charge in [-0.1, -0.05) is 6.07 Å². The summed E-state index contributed by atoms with van der Waals surface area (Å²) in [6, 6.07) is 7.78. The van der Waals surface area contributed by atoms with Crippen molar-refractivity contribution in [2.75, 3.05) is 18.4 Å². The zero-order chi connectivity index (χ0) is 22.1. The lowest BCUT2D eigenvalue weighted by Gasteiger charge is -2.32. The zero-order valence-electron chi connectivity index (χ0n) is 16.7. The number of hydrogen-bond acceptors (Lipinski definition) is 3. The number of aliphatic hydroxyl groups excluding tert-OH is 1. The van der Waals surface area contributed by atoms with Gasteiger partial charge in [0.1, 0.15) is 5.82 Å². The van der Waals surface area contributed by atoms with Crippen LogP contribution in [0.15, 0.2) is 36.4 Å². The van der Waals surface area contributed by atoms with E-state index in [2.05, 4.69) is 5.32 Å². The van der Waals surface area contributed by atoms with Gasteiger partial charge >= 0.3 is 5.92 Å². The molecule has 2 aromatic carbocycles. The highest BCUT2D eigenvalue weighted by Crippen LogP contribution is 2.34. The average molecular weight is 420 g/mol. The molecule has 0 radical (unpaired) electrons. The second-order valence-electron chi connectivity index (χ2n) is 7.55. The van der Waals surface area contributed by atoms with Crippen LogP contribution in [0.4, 0.5) is 18.9 Å². The number of aliphatic hydroxyl groups is 1. The van der Waals surface area contributed by atoms with Gasteiger partial charge in [-0.05, 0) is 68.1 Å². The Kier molecular flexibility index (Phi) is 6.17. The molecule has 30 heavy (non-hydrogen) atoms. The quantitative estimate of drug-likeness (QED) is 0.791. The summed E-state index contributed by atoms with van der Waals surface area (Å²) in [6.45, 7) is 3.10. The monoisotopic (exact) mass is 420 g/mol. The molecule has 2 aromatic rings. The molecule has 0 bridgehead atoms. The van der Waals surface area contributed by atoms with Gasteiger partial charge in [-0.2, -0.15) is 8.78 Å². The first-order chi connectivity index (χ1) is 14.1. The molecular formula is C22H23F3N2O3. The predicted molar refractivity (Wildman–Crippen MR) is 106 cm³/mol. The lowest BCUT2D eigenvalue weighted by molar-refractivity contribution is -0.161. The first-order valence-corrected chi connectivity index (χ1v) is 9.63. The van der Waals surface area contributed by atoms with Crippen LogP contribution in [0, 0.1) is 19.7 Å². The van der Waals surface area contributed by atoms with Crippen LogP contribution >= 0.6 is 0 Å². The fraction of sp³-hybridized carbons (Fsp3) is 0.364. The summed E-state index contributed by atoms with van der Waals surface area (Å²) in [5, 5.41) is 12.1. The first kappa shape index (κ1) is 21.8. The Labute approximate surface area is 172 Å². The maximum atomic E-state index is 15.0. The molecule has 1 saturated heterocycles. The Balaban J connectivity index is 1.83. The van der Waals surface area contributed by atoms with Crippen LogP contribution in [-0.4, -0.2) is 41.0 Å². The number of anilines is 1. The Morgan fingerprint density at radius 3 is 2.37 bits per heavy atom. The van der Waals surface area contributed by atoms with E-state index in [1.807, 2.05) is 0 Å². The van der Waals surface area contributed by atoms with Crippen LogP contribution < -0.4 is 5.32 Å². The van der Waals surface area contributed by atoms with E-state index in [4.69, 9.17) is 0 Å². The van der Waals surface area contributed by atoms with Crippen molar-refractivity contribution in [3.8, 4) is 0 Å². The molecule has 0 saturated carbocycles. The summed E-state index contributed by atoms with van der Waals surface area (Å²) < 4.78 is 43.5. The Morgan fingerprint density at radius 2 is 1.73 bits per heavy atom. The lowest BCUT2D eigenvalue weighted by Crippen LogP contribution is -2.47. The van der Waals surface area contributed by atoms with E-state index in [1.165, 1.54) is 37.3 Å². The number of carbonyl (C=O) groups is 2. The van der Waals surface area contributed by atoms with Crippen LogP contribution in [0.3, 0.4) is 0 Å². The Hall–Kier alpha value is -2.87. The molecule has 160 valence electrons. The minimum Gasteiger partial charge on any atom is -0.393 e. The van der Waals surface area contributed by atoms with E-state index in [-0.39, 0.29) is 37.1 Å². The third kappa shape index (κ3) is 4.48. The van der Waals surface area contributed by atoms with Gasteiger partial charge in [0.2, 0.25) is 0 Å². The smallest absolute Gasteiger partial charge is 0.350 e. The number of benzene rings is 2. The van der Waals surface area contributed by atoms with Gasteiger partial charge in [-0.15, -0.1) is 0 Å². The zero-order valence-corrected chi connectivity index (χ0v) is 16.7. The van der Waals surface area contributed by atoms with E-state index in [0.717, 1.165) is 11.0 Å². The standard InChI is InChI=1S/C22H23F3N2O3/c1-13-3-4-15(20(29)26-16-5-6-19(23)14(2)11-16)12-18(13)22(24,25)21(30)27-9-7-17(28)8-10-27/h3-6,11-12,17,28H,7-10H2,1-2H3,(H,26,29). The predicted octanol–water partition coefficient (Wildman–Crippen LogP) is 3.77. The molecule has 0 aromatic heterocycles. The van der Waals surface area contributed by atoms with Crippen LogP contribution in [0.1, 0.15) is 39.9 Å². The van der Waals surface area contributed by atoms with Crippen LogP contribution in [0.5, 0.6) is 0 Å². The van der Waals surface area contributed by atoms with Gasteiger partial charge in [0.15, 0.2) is 0 Å². The summed E-state index contributed by atoms with van der Waals surface area (Å²) in [7, 11) is 0. The molecule has 8 heteroatoms. The third-order valence-corrected chi connectivity index (χ3v) is 5.27. The van der Waals surface area contributed by atoms with Gasteiger partial charge < -0.3 is 15.3 Å². The number of halogens is 3. The number of nitrogens with one attached hydrogen (secondary N) is 1. The molecular weight excluding hydrogens is 397 g/mol. The first-order valence-electron chi connectivity index (χ1n) is 9.63. The van der Waals surface area contributed by atoms with E-state index in [1.54, 1.807) is 6.92 Å². The van der Waals surface area contributed by atoms with Gasteiger partial charge in [-0.25, -0.2) is 4.39 Å². The molecule has 0 atom stereocenters.